The highest BCUT2D eigenvalue weighted by Crippen LogP contribution is 2.32. The van der Waals surface area contributed by atoms with Crippen molar-refractivity contribution in [3.63, 3.8) is 0 Å². The summed E-state index contributed by atoms with van der Waals surface area (Å²) in [5.41, 5.74) is 0. The molecule has 2 fully saturated rings. The van der Waals surface area contributed by atoms with E-state index >= 15 is 0 Å². The fraction of sp³-hybridized carbons (Fsp3) is 0.667. The van der Waals surface area contributed by atoms with Crippen molar-refractivity contribution in [2.45, 2.75) is 32.2 Å². The number of rotatable bonds is 4. The maximum absolute atomic E-state index is 12.3. The molecule has 3 nitrogen and oxygen atoms in total. The van der Waals surface area contributed by atoms with Crippen LogP contribution in [-0.2, 0) is 11.2 Å². The van der Waals surface area contributed by atoms with Crippen LogP contribution in [0.15, 0.2) is 17.5 Å². The van der Waals surface area contributed by atoms with E-state index in [0.29, 0.717) is 30.2 Å². The van der Waals surface area contributed by atoms with Crippen LogP contribution in [0.5, 0.6) is 0 Å². The van der Waals surface area contributed by atoms with Gasteiger partial charge in [0.25, 0.3) is 0 Å². The van der Waals surface area contributed by atoms with E-state index in [4.69, 9.17) is 0 Å². The normalized spacial score (nSPS) is 29.7. The second kappa shape index (κ2) is 5.63. The molecule has 2 saturated heterocycles. The number of amides is 1. The van der Waals surface area contributed by atoms with Crippen LogP contribution < -0.4 is 5.32 Å². The minimum Gasteiger partial charge on any atom is -0.339 e. The molecule has 3 heterocycles. The largest absolute Gasteiger partial charge is 0.339 e. The monoisotopic (exact) mass is 278 g/mol. The molecule has 0 bridgehead atoms. The highest BCUT2D eigenvalue weighted by molar-refractivity contribution is 7.09. The zero-order valence-electron chi connectivity index (χ0n) is 11.5. The van der Waals surface area contributed by atoms with Crippen LogP contribution in [-0.4, -0.2) is 36.5 Å². The third-order valence-corrected chi connectivity index (χ3v) is 5.58. The number of carbonyl (C=O) groups excluding carboxylic acids is 1. The van der Waals surface area contributed by atoms with Gasteiger partial charge in [0.2, 0.25) is 5.91 Å². The van der Waals surface area contributed by atoms with Gasteiger partial charge in [0.15, 0.2) is 0 Å². The Morgan fingerprint density at radius 1 is 1.53 bits per heavy atom. The number of fused-ring (bicyclic) bond motifs is 1. The smallest absolute Gasteiger partial charge is 0.222 e. The molecule has 0 spiro atoms. The molecule has 0 saturated carbocycles. The Hall–Kier alpha value is -0.870. The van der Waals surface area contributed by atoms with Crippen LogP contribution in [0.3, 0.4) is 0 Å². The molecule has 2 aliphatic heterocycles. The summed E-state index contributed by atoms with van der Waals surface area (Å²) in [6.45, 7) is 5.37. The number of aryl methyl sites for hydroxylation is 1. The van der Waals surface area contributed by atoms with Crippen molar-refractivity contribution in [1.29, 1.82) is 0 Å². The predicted octanol–water partition coefficient (Wildman–Crippen LogP) is 2.14. The van der Waals surface area contributed by atoms with Gasteiger partial charge in [0.1, 0.15) is 0 Å². The van der Waals surface area contributed by atoms with Crippen LogP contribution in [0.25, 0.3) is 0 Å². The number of nitrogens with zero attached hydrogens (tertiary/aromatic N) is 1. The summed E-state index contributed by atoms with van der Waals surface area (Å²) in [6.07, 6.45) is 2.73. The number of thiophene rings is 1. The SMILES string of the molecule is CC1C2CNCC2CN1C(=O)CCCc1cccs1. The van der Waals surface area contributed by atoms with Gasteiger partial charge < -0.3 is 10.2 Å². The third-order valence-electron chi connectivity index (χ3n) is 4.65. The maximum atomic E-state index is 12.3. The van der Waals surface area contributed by atoms with Crippen LogP contribution in [0.1, 0.15) is 24.6 Å². The molecule has 3 rings (SSSR count). The van der Waals surface area contributed by atoms with E-state index in [1.165, 1.54) is 4.88 Å². The van der Waals surface area contributed by atoms with Crippen LogP contribution in [0.2, 0.25) is 0 Å². The number of hydrogen-bond donors (Lipinski definition) is 1. The standard InChI is InChI=1S/C15H22N2OS/c1-11-14-9-16-8-12(14)10-17(11)15(18)6-2-4-13-5-3-7-19-13/h3,5,7,11-12,14,16H,2,4,6,8-10H2,1H3. The molecule has 1 aromatic heterocycles. The van der Waals surface area contributed by atoms with Gasteiger partial charge in [-0.1, -0.05) is 6.07 Å². The Bertz CT molecular complexity index is 431. The fourth-order valence-electron chi connectivity index (χ4n) is 3.51. The molecule has 1 amide bonds. The zero-order chi connectivity index (χ0) is 13.2. The summed E-state index contributed by atoms with van der Waals surface area (Å²) in [6, 6.07) is 4.66. The van der Waals surface area contributed by atoms with Crippen molar-refractivity contribution in [3.05, 3.63) is 22.4 Å². The van der Waals surface area contributed by atoms with Gasteiger partial charge in [-0.3, -0.25) is 4.79 Å². The van der Waals surface area contributed by atoms with Crippen LogP contribution >= 0.6 is 11.3 Å². The van der Waals surface area contributed by atoms with Crippen molar-refractivity contribution in [1.82, 2.24) is 10.2 Å². The Balaban J connectivity index is 1.48. The lowest BCUT2D eigenvalue weighted by atomic mass is 9.95. The van der Waals surface area contributed by atoms with Crippen molar-refractivity contribution in [2.24, 2.45) is 11.8 Å². The fourth-order valence-corrected chi connectivity index (χ4v) is 4.26. The number of carbonyl (C=O) groups is 1. The van der Waals surface area contributed by atoms with Gasteiger partial charge in [-0.25, -0.2) is 0 Å². The molecule has 4 heteroatoms. The Morgan fingerprint density at radius 3 is 3.16 bits per heavy atom. The number of nitrogens with one attached hydrogen (secondary N) is 1. The van der Waals surface area contributed by atoms with Crippen molar-refractivity contribution in [3.8, 4) is 0 Å². The van der Waals surface area contributed by atoms with Crippen molar-refractivity contribution in [2.75, 3.05) is 19.6 Å². The second-order valence-electron chi connectivity index (χ2n) is 5.80. The van der Waals surface area contributed by atoms with Gasteiger partial charge in [0, 0.05) is 37.0 Å². The minimum atomic E-state index is 0.360. The topological polar surface area (TPSA) is 32.3 Å². The highest BCUT2D eigenvalue weighted by atomic mass is 32.1. The summed E-state index contributed by atoms with van der Waals surface area (Å²) in [5.74, 6) is 1.73. The molecule has 1 N–H and O–H groups in total. The summed E-state index contributed by atoms with van der Waals surface area (Å²) in [5, 5.41) is 5.54. The van der Waals surface area contributed by atoms with E-state index in [2.05, 4.69) is 34.7 Å². The van der Waals surface area contributed by atoms with Crippen LogP contribution in [0.4, 0.5) is 0 Å². The van der Waals surface area contributed by atoms with E-state index in [1.54, 1.807) is 11.3 Å². The summed E-state index contributed by atoms with van der Waals surface area (Å²) < 4.78 is 0. The van der Waals surface area contributed by atoms with E-state index < -0.39 is 0 Å². The molecule has 0 aliphatic carbocycles. The first-order valence-electron chi connectivity index (χ1n) is 7.28. The Kier molecular flexibility index (Phi) is 3.89. The van der Waals surface area contributed by atoms with E-state index in [9.17, 15) is 4.79 Å². The average Bonchev–Trinajstić information content (AvgIpc) is 3.09. The number of hydrogen-bond acceptors (Lipinski definition) is 3. The second-order valence-corrected chi connectivity index (χ2v) is 6.83. The van der Waals surface area contributed by atoms with Gasteiger partial charge >= 0.3 is 0 Å². The van der Waals surface area contributed by atoms with Crippen molar-refractivity contribution >= 4 is 17.2 Å². The quantitative estimate of drug-likeness (QED) is 0.915. The Morgan fingerprint density at radius 2 is 2.42 bits per heavy atom. The van der Waals surface area contributed by atoms with Gasteiger partial charge in [-0.2, -0.15) is 0 Å². The molecule has 0 aromatic carbocycles. The highest BCUT2D eigenvalue weighted by Gasteiger charge is 2.43. The first-order valence-corrected chi connectivity index (χ1v) is 8.16. The minimum absolute atomic E-state index is 0.360. The summed E-state index contributed by atoms with van der Waals surface area (Å²) in [4.78, 5) is 15.8. The molecule has 0 radical (unpaired) electrons. The molecular formula is C15H22N2OS. The molecular weight excluding hydrogens is 256 g/mol. The molecule has 2 aliphatic rings. The molecule has 3 unspecified atom stereocenters. The lowest BCUT2D eigenvalue weighted by molar-refractivity contribution is -0.132. The lowest BCUT2D eigenvalue weighted by Gasteiger charge is -2.24. The Labute approximate surface area is 119 Å². The maximum Gasteiger partial charge on any atom is 0.222 e. The lowest BCUT2D eigenvalue weighted by Crippen LogP contribution is -2.38. The third kappa shape index (κ3) is 2.70. The van der Waals surface area contributed by atoms with E-state index in [1.807, 2.05) is 0 Å². The van der Waals surface area contributed by atoms with E-state index in [-0.39, 0.29) is 0 Å². The van der Waals surface area contributed by atoms with Crippen molar-refractivity contribution < 1.29 is 4.79 Å². The zero-order valence-corrected chi connectivity index (χ0v) is 12.3. The van der Waals surface area contributed by atoms with Gasteiger partial charge in [0.05, 0.1) is 0 Å². The first kappa shape index (κ1) is 13.1. The molecule has 19 heavy (non-hydrogen) atoms. The molecule has 3 atom stereocenters. The predicted molar refractivity (Wildman–Crippen MR) is 78.3 cm³/mol. The number of likely N-dealkylation sites (tertiary alicyclic amines) is 1. The molecule has 104 valence electrons. The first-order chi connectivity index (χ1) is 9.25. The molecule has 1 aromatic rings. The van der Waals surface area contributed by atoms with Gasteiger partial charge in [-0.05, 0) is 43.0 Å². The van der Waals surface area contributed by atoms with Gasteiger partial charge in [-0.15, -0.1) is 11.3 Å². The average molecular weight is 278 g/mol. The van der Waals surface area contributed by atoms with E-state index in [0.717, 1.165) is 32.5 Å². The van der Waals surface area contributed by atoms with Crippen LogP contribution in [0, 0.1) is 11.8 Å². The summed E-state index contributed by atoms with van der Waals surface area (Å²) >= 11 is 1.79. The summed E-state index contributed by atoms with van der Waals surface area (Å²) in [7, 11) is 0.